The normalized spacial score (nSPS) is 9.96. The van der Waals surface area contributed by atoms with E-state index in [2.05, 4.69) is 0 Å². The van der Waals surface area contributed by atoms with Crippen molar-refractivity contribution in [3.05, 3.63) is 74.8 Å². The number of carbonyl (C=O) groups excluding carboxylic acids is 1. The minimum atomic E-state index is -0.493. The highest BCUT2D eigenvalue weighted by Gasteiger charge is 2.17. The van der Waals surface area contributed by atoms with Crippen molar-refractivity contribution in [2.45, 2.75) is 13.5 Å². The Hall–Kier alpha value is -3.20. The molecular formula is C17H15N3O3. The summed E-state index contributed by atoms with van der Waals surface area (Å²) in [7, 11) is 1.63. The maximum absolute atomic E-state index is 12.4. The molecule has 0 saturated carbocycles. The number of benzene rings is 2. The van der Waals surface area contributed by atoms with Crippen LogP contribution in [-0.2, 0) is 6.54 Å². The Labute approximate surface area is 133 Å². The molecule has 0 aliphatic rings. The topological polar surface area (TPSA) is 87.2 Å². The molecule has 0 aliphatic carbocycles. The van der Waals surface area contributed by atoms with Gasteiger partial charge in [-0.2, -0.15) is 5.26 Å². The van der Waals surface area contributed by atoms with Crippen LogP contribution in [0.15, 0.2) is 42.5 Å². The number of nitro groups is 1. The second-order valence-electron chi connectivity index (χ2n) is 5.23. The highest BCUT2D eigenvalue weighted by Crippen LogP contribution is 2.20. The molecule has 6 nitrogen and oxygen atoms in total. The van der Waals surface area contributed by atoms with E-state index in [4.69, 9.17) is 5.26 Å². The first kappa shape index (κ1) is 16.2. The molecule has 0 spiro atoms. The molecular weight excluding hydrogens is 294 g/mol. The Kier molecular flexibility index (Phi) is 4.72. The predicted octanol–water partition coefficient (Wildman–Crippen LogP) is 3.05. The monoisotopic (exact) mass is 309 g/mol. The van der Waals surface area contributed by atoms with E-state index in [1.807, 2.05) is 6.07 Å². The SMILES string of the molecule is Cc1ccc(C(=O)N(C)Cc2ccc(C#N)cc2)cc1[N+](=O)[O-]. The third-order valence-corrected chi connectivity index (χ3v) is 3.50. The van der Waals surface area contributed by atoms with E-state index in [-0.39, 0.29) is 17.2 Å². The number of nitriles is 1. The molecule has 0 heterocycles. The van der Waals surface area contributed by atoms with Crippen LogP contribution in [0.5, 0.6) is 0 Å². The minimum absolute atomic E-state index is 0.0670. The number of aryl methyl sites for hydroxylation is 1. The summed E-state index contributed by atoms with van der Waals surface area (Å²) in [6, 6.07) is 13.4. The number of hydrogen-bond donors (Lipinski definition) is 0. The Balaban J connectivity index is 2.17. The standard InChI is InChI=1S/C17H15N3O3/c1-12-3-8-15(9-16(12)20(22)23)17(21)19(2)11-14-6-4-13(10-18)5-7-14/h3-9H,11H2,1-2H3. The first-order valence-electron chi connectivity index (χ1n) is 6.92. The number of rotatable bonds is 4. The van der Waals surface area contributed by atoms with Crippen LogP contribution in [0.1, 0.15) is 27.0 Å². The molecule has 6 heteroatoms. The molecule has 2 rings (SSSR count). The molecule has 116 valence electrons. The maximum atomic E-state index is 12.4. The summed E-state index contributed by atoms with van der Waals surface area (Å²) in [5.74, 6) is -0.294. The summed E-state index contributed by atoms with van der Waals surface area (Å²) >= 11 is 0. The summed E-state index contributed by atoms with van der Waals surface area (Å²) < 4.78 is 0. The van der Waals surface area contributed by atoms with Crippen molar-refractivity contribution in [3.63, 3.8) is 0 Å². The average molecular weight is 309 g/mol. The summed E-state index contributed by atoms with van der Waals surface area (Å²) in [4.78, 5) is 24.4. The van der Waals surface area contributed by atoms with Crippen molar-refractivity contribution in [1.29, 1.82) is 5.26 Å². The fraction of sp³-hybridized carbons (Fsp3) is 0.176. The molecule has 0 saturated heterocycles. The zero-order valence-electron chi connectivity index (χ0n) is 12.8. The van der Waals surface area contributed by atoms with Crippen LogP contribution in [-0.4, -0.2) is 22.8 Å². The van der Waals surface area contributed by atoms with Gasteiger partial charge in [0, 0.05) is 30.8 Å². The van der Waals surface area contributed by atoms with Crippen LogP contribution in [0.3, 0.4) is 0 Å². The van der Waals surface area contributed by atoms with Crippen LogP contribution < -0.4 is 0 Å². The fourth-order valence-electron chi connectivity index (χ4n) is 2.19. The van der Waals surface area contributed by atoms with Crippen LogP contribution in [0, 0.1) is 28.4 Å². The van der Waals surface area contributed by atoms with Crippen LogP contribution >= 0.6 is 0 Å². The molecule has 0 radical (unpaired) electrons. The van der Waals surface area contributed by atoms with Gasteiger partial charge in [-0.1, -0.05) is 18.2 Å². The van der Waals surface area contributed by atoms with Gasteiger partial charge in [0.25, 0.3) is 11.6 Å². The Morgan fingerprint density at radius 1 is 1.26 bits per heavy atom. The molecule has 2 aromatic rings. The van der Waals surface area contributed by atoms with Crippen molar-refractivity contribution in [2.75, 3.05) is 7.05 Å². The first-order chi connectivity index (χ1) is 10.9. The Morgan fingerprint density at radius 3 is 2.48 bits per heavy atom. The highest BCUT2D eigenvalue weighted by atomic mass is 16.6. The lowest BCUT2D eigenvalue weighted by Crippen LogP contribution is -2.26. The molecule has 0 aromatic heterocycles. The molecule has 23 heavy (non-hydrogen) atoms. The summed E-state index contributed by atoms with van der Waals surface area (Å²) in [6.45, 7) is 1.99. The van der Waals surface area contributed by atoms with Gasteiger partial charge in [0.05, 0.1) is 16.6 Å². The van der Waals surface area contributed by atoms with Gasteiger partial charge in [0.2, 0.25) is 0 Å². The molecule has 0 aliphatic heterocycles. The van der Waals surface area contributed by atoms with Gasteiger partial charge in [-0.15, -0.1) is 0 Å². The smallest absolute Gasteiger partial charge is 0.273 e. The molecule has 0 fully saturated rings. The average Bonchev–Trinajstić information content (AvgIpc) is 2.55. The van der Waals surface area contributed by atoms with Gasteiger partial charge in [-0.05, 0) is 30.7 Å². The third-order valence-electron chi connectivity index (χ3n) is 3.50. The van der Waals surface area contributed by atoms with E-state index in [1.165, 1.54) is 11.0 Å². The van der Waals surface area contributed by atoms with Crippen LogP contribution in [0.4, 0.5) is 5.69 Å². The number of hydrogen-bond acceptors (Lipinski definition) is 4. The van der Waals surface area contributed by atoms with Crippen molar-refractivity contribution in [1.82, 2.24) is 4.90 Å². The van der Waals surface area contributed by atoms with Crippen molar-refractivity contribution in [3.8, 4) is 6.07 Å². The number of carbonyl (C=O) groups is 1. The second kappa shape index (κ2) is 6.71. The van der Waals surface area contributed by atoms with Gasteiger partial charge in [-0.25, -0.2) is 0 Å². The maximum Gasteiger partial charge on any atom is 0.273 e. The fourth-order valence-corrected chi connectivity index (χ4v) is 2.19. The quantitative estimate of drug-likeness (QED) is 0.641. The molecule has 1 amide bonds. The molecule has 2 aromatic carbocycles. The van der Waals surface area contributed by atoms with E-state index in [0.717, 1.165) is 5.56 Å². The van der Waals surface area contributed by atoms with E-state index < -0.39 is 4.92 Å². The van der Waals surface area contributed by atoms with Crippen molar-refractivity contribution in [2.24, 2.45) is 0 Å². The zero-order valence-corrected chi connectivity index (χ0v) is 12.8. The lowest BCUT2D eigenvalue weighted by atomic mass is 10.1. The number of nitro benzene ring substituents is 1. The third kappa shape index (κ3) is 3.71. The van der Waals surface area contributed by atoms with Gasteiger partial charge >= 0.3 is 0 Å². The highest BCUT2D eigenvalue weighted by molar-refractivity contribution is 5.94. The number of amides is 1. The first-order valence-corrected chi connectivity index (χ1v) is 6.92. The molecule has 0 N–H and O–H groups in total. The Morgan fingerprint density at radius 2 is 1.91 bits per heavy atom. The summed E-state index contributed by atoms with van der Waals surface area (Å²) in [5.41, 5.74) is 2.15. The van der Waals surface area contributed by atoms with Gasteiger partial charge in [-0.3, -0.25) is 14.9 Å². The van der Waals surface area contributed by atoms with Crippen molar-refractivity contribution >= 4 is 11.6 Å². The minimum Gasteiger partial charge on any atom is -0.337 e. The van der Waals surface area contributed by atoms with Crippen LogP contribution in [0.2, 0.25) is 0 Å². The van der Waals surface area contributed by atoms with E-state index in [0.29, 0.717) is 17.7 Å². The molecule has 0 unspecified atom stereocenters. The van der Waals surface area contributed by atoms with E-state index in [1.54, 1.807) is 50.4 Å². The van der Waals surface area contributed by atoms with E-state index in [9.17, 15) is 14.9 Å². The van der Waals surface area contributed by atoms with Crippen molar-refractivity contribution < 1.29 is 9.72 Å². The Bertz CT molecular complexity index is 792. The van der Waals surface area contributed by atoms with Gasteiger partial charge in [0.1, 0.15) is 0 Å². The molecule has 0 atom stereocenters. The summed E-state index contributed by atoms with van der Waals surface area (Å²) in [5, 5.41) is 19.7. The second-order valence-corrected chi connectivity index (χ2v) is 5.23. The largest absolute Gasteiger partial charge is 0.337 e. The van der Waals surface area contributed by atoms with Crippen LogP contribution in [0.25, 0.3) is 0 Å². The van der Waals surface area contributed by atoms with Gasteiger partial charge < -0.3 is 4.90 Å². The van der Waals surface area contributed by atoms with Gasteiger partial charge in [0.15, 0.2) is 0 Å². The van der Waals surface area contributed by atoms with E-state index >= 15 is 0 Å². The molecule has 0 bridgehead atoms. The lowest BCUT2D eigenvalue weighted by molar-refractivity contribution is -0.385. The summed E-state index contributed by atoms with van der Waals surface area (Å²) in [6.07, 6.45) is 0. The predicted molar refractivity (Wildman–Crippen MR) is 84.8 cm³/mol. The lowest BCUT2D eigenvalue weighted by Gasteiger charge is -2.17. The zero-order chi connectivity index (χ0) is 17.0. The number of nitrogens with zero attached hydrogens (tertiary/aromatic N) is 3.